The van der Waals surface area contributed by atoms with Crippen LogP contribution >= 0.6 is 0 Å². The van der Waals surface area contributed by atoms with Gasteiger partial charge in [0.25, 0.3) is 0 Å². The minimum absolute atomic E-state index is 0.0969. The van der Waals surface area contributed by atoms with Crippen LogP contribution in [0, 0.1) is 0 Å². The maximum atomic E-state index is 12.7. The molecule has 0 saturated carbocycles. The predicted octanol–water partition coefficient (Wildman–Crippen LogP) is 5.87. The van der Waals surface area contributed by atoms with E-state index in [-0.39, 0.29) is 6.61 Å². The van der Waals surface area contributed by atoms with E-state index in [1.807, 2.05) is 91.0 Å². The summed E-state index contributed by atoms with van der Waals surface area (Å²) in [6.07, 6.45) is 0.591. The lowest BCUT2D eigenvalue weighted by Crippen LogP contribution is -2.17. The molecular formula is C30H26O5. The largest absolute Gasteiger partial charge is 0.485 e. The quantitative estimate of drug-likeness (QED) is 0.157. The van der Waals surface area contributed by atoms with Gasteiger partial charge in [-0.1, -0.05) is 97.1 Å². The molecule has 5 nitrogen and oxygen atoms in total. The Balaban J connectivity index is 1.52. The molecule has 0 spiro atoms. The second kappa shape index (κ2) is 12.2. The van der Waals surface area contributed by atoms with Crippen molar-refractivity contribution >= 4 is 12.3 Å². The highest BCUT2D eigenvalue weighted by Crippen LogP contribution is 2.33. The number of hydrogen-bond donors (Lipinski definition) is 0. The van der Waals surface area contributed by atoms with Crippen LogP contribution in [0.5, 0.6) is 11.5 Å². The highest BCUT2D eigenvalue weighted by molar-refractivity contribution is 5.94. The summed E-state index contributed by atoms with van der Waals surface area (Å²) in [5.41, 5.74) is 3.33. The molecule has 0 amide bonds. The molecule has 0 bridgehead atoms. The second-order valence-electron chi connectivity index (χ2n) is 7.96. The first-order valence-electron chi connectivity index (χ1n) is 11.4. The minimum atomic E-state index is -1.07. The van der Waals surface area contributed by atoms with E-state index in [9.17, 15) is 9.59 Å². The Labute approximate surface area is 204 Å². The van der Waals surface area contributed by atoms with Crippen LogP contribution in [0.3, 0.4) is 0 Å². The third-order valence-electron chi connectivity index (χ3n) is 5.42. The summed E-state index contributed by atoms with van der Waals surface area (Å²) in [4.78, 5) is 24.6. The van der Waals surface area contributed by atoms with E-state index in [1.54, 1.807) is 18.2 Å². The molecule has 0 N–H and O–H groups in total. The van der Waals surface area contributed by atoms with Gasteiger partial charge in [-0.25, -0.2) is 0 Å². The van der Waals surface area contributed by atoms with Gasteiger partial charge in [0.15, 0.2) is 11.5 Å². The SMILES string of the molecule is O=CC(C(=O)OCc1ccccc1)c1ccc(OCc2ccccc2)c(OCc2ccccc2)c1. The maximum Gasteiger partial charge on any atom is 0.321 e. The van der Waals surface area contributed by atoms with Crippen LogP contribution < -0.4 is 9.47 Å². The summed E-state index contributed by atoms with van der Waals surface area (Å²) in [6.45, 7) is 0.772. The molecular weight excluding hydrogens is 440 g/mol. The highest BCUT2D eigenvalue weighted by atomic mass is 16.5. The fraction of sp³-hybridized carbons (Fsp3) is 0.133. The number of rotatable bonds is 11. The van der Waals surface area contributed by atoms with E-state index < -0.39 is 11.9 Å². The number of esters is 1. The average molecular weight is 467 g/mol. The summed E-state index contributed by atoms with van der Waals surface area (Å²) in [5, 5.41) is 0. The molecule has 0 aliphatic rings. The topological polar surface area (TPSA) is 61.8 Å². The Kier molecular flexibility index (Phi) is 8.28. The van der Waals surface area contributed by atoms with Crippen LogP contribution in [0.2, 0.25) is 0 Å². The van der Waals surface area contributed by atoms with Crippen molar-refractivity contribution in [3.8, 4) is 11.5 Å². The van der Waals surface area contributed by atoms with Crippen LogP contribution in [-0.2, 0) is 34.1 Å². The highest BCUT2D eigenvalue weighted by Gasteiger charge is 2.23. The molecule has 0 heterocycles. The second-order valence-corrected chi connectivity index (χ2v) is 7.96. The summed E-state index contributed by atoms with van der Waals surface area (Å²) in [7, 11) is 0. The average Bonchev–Trinajstić information content (AvgIpc) is 2.92. The summed E-state index contributed by atoms with van der Waals surface area (Å²) < 4.78 is 17.5. The van der Waals surface area contributed by atoms with Crippen LogP contribution in [-0.4, -0.2) is 12.3 Å². The van der Waals surface area contributed by atoms with Gasteiger partial charge in [0, 0.05) is 0 Å². The number of aldehydes is 1. The van der Waals surface area contributed by atoms with Gasteiger partial charge in [-0.2, -0.15) is 0 Å². The van der Waals surface area contributed by atoms with Gasteiger partial charge in [0.05, 0.1) is 0 Å². The van der Waals surface area contributed by atoms with Crippen molar-refractivity contribution < 1.29 is 23.8 Å². The molecule has 1 atom stereocenters. The van der Waals surface area contributed by atoms with E-state index in [2.05, 4.69) is 0 Å². The van der Waals surface area contributed by atoms with Crippen molar-refractivity contribution in [2.75, 3.05) is 0 Å². The monoisotopic (exact) mass is 466 g/mol. The minimum Gasteiger partial charge on any atom is -0.485 e. The zero-order valence-electron chi connectivity index (χ0n) is 19.2. The molecule has 1 unspecified atom stereocenters. The van der Waals surface area contributed by atoms with Crippen molar-refractivity contribution in [3.63, 3.8) is 0 Å². The molecule has 0 fully saturated rings. The predicted molar refractivity (Wildman–Crippen MR) is 133 cm³/mol. The molecule has 176 valence electrons. The van der Waals surface area contributed by atoms with Gasteiger partial charge in [0.1, 0.15) is 32.0 Å². The lowest BCUT2D eigenvalue weighted by molar-refractivity contribution is -0.147. The Bertz CT molecular complexity index is 1220. The summed E-state index contributed by atoms with van der Waals surface area (Å²) in [5.74, 6) is -0.711. The van der Waals surface area contributed by atoms with Crippen molar-refractivity contribution in [2.24, 2.45) is 0 Å². The van der Waals surface area contributed by atoms with Gasteiger partial charge in [-0.3, -0.25) is 4.79 Å². The lowest BCUT2D eigenvalue weighted by atomic mass is 10.00. The van der Waals surface area contributed by atoms with Gasteiger partial charge < -0.3 is 19.0 Å². The van der Waals surface area contributed by atoms with Gasteiger partial charge in [0.2, 0.25) is 0 Å². The normalized spacial score (nSPS) is 11.3. The fourth-order valence-electron chi connectivity index (χ4n) is 3.51. The smallest absolute Gasteiger partial charge is 0.321 e. The Hall–Kier alpha value is -4.38. The van der Waals surface area contributed by atoms with Gasteiger partial charge >= 0.3 is 5.97 Å². The number of carbonyl (C=O) groups excluding carboxylic acids is 2. The van der Waals surface area contributed by atoms with Crippen molar-refractivity contribution in [1.82, 2.24) is 0 Å². The van der Waals surface area contributed by atoms with Crippen molar-refractivity contribution in [2.45, 2.75) is 25.7 Å². The first kappa shape index (κ1) is 23.8. The first-order valence-corrected chi connectivity index (χ1v) is 11.4. The molecule has 0 aliphatic heterocycles. The molecule has 0 aliphatic carbocycles. The van der Waals surface area contributed by atoms with Crippen LogP contribution in [0.25, 0.3) is 0 Å². The molecule has 5 heteroatoms. The summed E-state index contributed by atoms with van der Waals surface area (Å²) in [6, 6.07) is 34.0. The molecule has 35 heavy (non-hydrogen) atoms. The lowest BCUT2D eigenvalue weighted by Gasteiger charge is -2.17. The Morgan fingerprint density at radius 1 is 0.629 bits per heavy atom. The molecule has 4 aromatic carbocycles. The summed E-state index contributed by atoms with van der Waals surface area (Å²) >= 11 is 0. The molecule has 0 saturated heterocycles. The zero-order valence-corrected chi connectivity index (χ0v) is 19.2. The fourth-order valence-corrected chi connectivity index (χ4v) is 3.51. The van der Waals surface area contributed by atoms with Crippen LogP contribution in [0.15, 0.2) is 109 Å². The Morgan fingerprint density at radius 3 is 1.63 bits per heavy atom. The Morgan fingerprint density at radius 2 is 1.11 bits per heavy atom. The molecule has 4 rings (SSSR count). The molecule has 0 radical (unpaired) electrons. The van der Waals surface area contributed by atoms with E-state index >= 15 is 0 Å². The van der Waals surface area contributed by atoms with Crippen LogP contribution in [0.1, 0.15) is 28.2 Å². The maximum absolute atomic E-state index is 12.7. The third kappa shape index (κ3) is 6.81. The van der Waals surface area contributed by atoms with Gasteiger partial charge in [-0.05, 0) is 34.4 Å². The van der Waals surface area contributed by atoms with Crippen molar-refractivity contribution in [3.05, 3.63) is 131 Å². The van der Waals surface area contributed by atoms with E-state index in [0.717, 1.165) is 16.7 Å². The standard InChI is InChI=1S/C30H26O5/c31-19-27(30(32)35-22-25-14-8-3-9-15-25)26-16-17-28(33-20-23-10-4-1-5-11-23)29(18-26)34-21-24-12-6-2-7-13-24/h1-19,27H,20-22H2. The number of hydrogen-bond acceptors (Lipinski definition) is 5. The number of ether oxygens (including phenoxy) is 3. The molecule has 4 aromatic rings. The van der Waals surface area contributed by atoms with Gasteiger partial charge in [-0.15, -0.1) is 0 Å². The first-order chi connectivity index (χ1) is 17.2. The van der Waals surface area contributed by atoms with E-state index in [1.165, 1.54) is 0 Å². The van der Waals surface area contributed by atoms with E-state index in [0.29, 0.717) is 36.6 Å². The van der Waals surface area contributed by atoms with E-state index in [4.69, 9.17) is 14.2 Å². The molecule has 0 aromatic heterocycles. The van der Waals surface area contributed by atoms with Crippen molar-refractivity contribution in [1.29, 1.82) is 0 Å². The zero-order chi connectivity index (χ0) is 24.3. The number of carbonyl (C=O) groups is 2. The number of benzene rings is 4. The van der Waals surface area contributed by atoms with Crippen LogP contribution in [0.4, 0.5) is 0 Å². The third-order valence-corrected chi connectivity index (χ3v) is 5.42.